The van der Waals surface area contributed by atoms with E-state index in [-0.39, 0.29) is 0 Å². The summed E-state index contributed by atoms with van der Waals surface area (Å²) in [6.45, 7) is 0. The topological polar surface area (TPSA) is 16.4 Å². The van der Waals surface area contributed by atoms with Gasteiger partial charge in [-0.1, -0.05) is 158 Å². The smallest absolute Gasteiger partial charge is 0.143 e. The van der Waals surface area contributed by atoms with Gasteiger partial charge in [0, 0.05) is 33.4 Å². The van der Waals surface area contributed by atoms with E-state index in [1.165, 1.54) is 33.4 Å². The second kappa shape index (κ2) is 11.8. The molecule has 8 aromatic carbocycles. The molecule has 2 heteroatoms. The van der Waals surface area contributed by atoms with Crippen LogP contribution in [0, 0.1) is 0 Å². The van der Waals surface area contributed by atoms with E-state index in [1.54, 1.807) is 0 Å². The predicted octanol–water partition coefficient (Wildman–Crippen LogP) is 13.1. The number of nitrogens with zero attached hydrogens (tertiary/aromatic N) is 1. The van der Waals surface area contributed by atoms with Gasteiger partial charge < -0.3 is 9.32 Å². The Morgan fingerprint density at radius 2 is 0.902 bits per heavy atom. The second-order valence-corrected chi connectivity index (χ2v) is 13.3. The summed E-state index contributed by atoms with van der Waals surface area (Å²) in [5.41, 5.74) is 14.5. The highest BCUT2D eigenvalue weighted by Crippen LogP contribution is 2.56. The maximum atomic E-state index is 6.40. The number of para-hydroxylation sites is 3. The van der Waals surface area contributed by atoms with Crippen molar-refractivity contribution in [2.75, 3.05) is 4.90 Å². The Kier molecular flexibility index (Phi) is 6.75. The Morgan fingerprint density at radius 1 is 0.373 bits per heavy atom. The molecule has 0 unspecified atom stereocenters. The minimum absolute atomic E-state index is 0.470. The molecule has 0 bridgehead atoms. The second-order valence-electron chi connectivity index (χ2n) is 13.3. The lowest BCUT2D eigenvalue weighted by Gasteiger charge is -2.35. The first-order valence-electron chi connectivity index (χ1n) is 17.5. The molecule has 1 aliphatic carbocycles. The number of furan rings is 1. The highest BCUT2D eigenvalue weighted by molar-refractivity contribution is 6.09. The molecule has 2 nitrogen and oxygen atoms in total. The standard InChI is InChI=1S/C49H33NO/c1-3-15-35(16-4-1)49(45-26-10-7-21-41(45)42-22-8-11-27-46(42)49)36-17-13-20-39(33-36)50(37-18-5-2-6-19-37)38-31-29-34(30-32-38)40-24-14-25-44-43-23-9-12-28-47(43)51-48(40)44/h1-33H. The Labute approximate surface area is 297 Å². The molecule has 0 saturated heterocycles. The fourth-order valence-corrected chi connectivity index (χ4v) is 8.38. The maximum absolute atomic E-state index is 6.40. The average molecular weight is 652 g/mol. The number of rotatable bonds is 6. The first-order chi connectivity index (χ1) is 25.3. The molecule has 0 N–H and O–H groups in total. The monoisotopic (exact) mass is 651 g/mol. The normalized spacial score (nSPS) is 12.9. The third-order valence-electron chi connectivity index (χ3n) is 10.6. The number of hydrogen-bond donors (Lipinski definition) is 0. The van der Waals surface area contributed by atoms with E-state index in [0.29, 0.717) is 0 Å². The molecule has 51 heavy (non-hydrogen) atoms. The summed E-state index contributed by atoms with van der Waals surface area (Å²) < 4.78 is 6.40. The van der Waals surface area contributed by atoms with Gasteiger partial charge in [0.1, 0.15) is 11.2 Å². The van der Waals surface area contributed by atoms with Crippen molar-refractivity contribution in [1.82, 2.24) is 0 Å². The molecule has 0 spiro atoms. The molecule has 1 heterocycles. The fraction of sp³-hybridized carbons (Fsp3) is 0.0204. The summed E-state index contributed by atoms with van der Waals surface area (Å²) in [5.74, 6) is 0. The van der Waals surface area contributed by atoms with Crippen LogP contribution >= 0.6 is 0 Å². The molecule has 240 valence electrons. The Hall–Kier alpha value is -6.64. The Bertz CT molecular complexity index is 2640. The van der Waals surface area contributed by atoms with Crippen LogP contribution in [0.5, 0.6) is 0 Å². The van der Waals surface area contributed by atoms with E-state index in [9.17, 15) is 0 Å². The predicted molar refractivity (Wildman–Crippen MR) is 211 cm³/mol. The summed E-state index contributed by atoms with van der Waals surface area (Å²) >= 11 is 0. The Morgan fingerprint density at radius 3 is 1.65 bits per heavy atom. The van der Waals surface area contributed by atoms with Gasteiger partial charge in [-0.3, -0.25) is 0 Å². The van der Waals surface area contributed by atoms with Crippen molar-refractivity contribution in [3.05, 3.63) is 222 Å². The van der Waals surface area contributed by atoms with Crippen LogP contribution in [0.4, 0.5) is 17.1 Å². The number of anilines is 3. The number of benzene rings is 8. The molecule has 0 saturated carbocycles. The van der Waals surface area contributed by atoms with Gasteiger partial charge in [0.05, 0.1) is 5.41 Å². The minimum atomic E-state index is -0.470. The molecule has 10 rings (SSSR count). The zero-order chi connectivity index (χ0) is 33.8. The molecule has 0 fully saturated rings. The molecule has 1 aliphatic rings. The van der Waals surface area contributed by atoms with Crippen molar-refractivity contribution in [3.8, 4) is 22.3 Å². The highest BCUT2D eigenvalue weighted by atomic mass is 16.3. The van der Waals surface area contributed by atoms with E-state index in [0.717, 1.165) is 50.1 Å². The SMILES string of the molecule is c1ccc(N(c2ccc(-c3cccc4c3oc3ccccc34)cc2)c2cccc(C3(c4ccccc4)c4ccccc4-c4ccccc43)c2)cc1. The van der Waals surface area contributed by atoms with Crippen LogP contribution in [0.2, 0.25) is 0 Å². The zero-order valence-corrected chi connectivity index (χ0v) is 27.9. The van der Waals surface area contributed by atoms with Gasteiger partial charge in [-0.05, 0) is 81.4 Å². The lowest BCUT2D eigenvalue weighted by Crippen LogP contribution is -2.28. The third kappa shape index (κ3) is 4.50. The van der Waals surface area contributed by atoms with Crippen LogP contribution in [0.3, 0.4) is 0 Å². The first-order valence-corrected chi connectivity index (χ1v) is 17.5. The van der Waals surface area contributed by atoms with Crippen LogP contribution in [-0.2, 0) is 5.41 Å². The van der Waals surface area contributed by atoms with Crippen molar-refractivity contribution in [1.29, 1.82) is 0 Å². The summed E-state index contributed by atoms with van der Waals surface area (Å²) in [5, 5.41) is 2.28. The quantitative estimate of drug-likeness (QED) is 0.178. The number of hydrogen-bond acceptors (Lipinski definition) is 2. The maximum Gasteiger partial charge on any atom is 0.143 e. The summed E-state index contributed by atoms with van der Waals surface area (Å²) in [4.78, 5) is 2.36. The van der Waals surface area contributed by atoms with E-state index < -0.39 is 5.41 Å². The Balaban J connectivity index is 1.14. The molecule has 0 aliphatic heterocycles. The van der Waals surface area contributed by atoms with Crippen molar-refractivity contribution in [3.63, 3.8) is 0 Å². The summed E-state index contributed by atoms with van der Waals surface area (Å²) in [6, 6.07) is 72.2. The molecule has 0 radical (unpaired) electrons. The van der Waals surface area contributed by atoms with Crippen molar-refractivity contribution >= 4 is 39.0 Å². The van der Waals surface area contributed by atoms with E-state index in [2.05, 4.69) is 193 Å². The third-order valence-corrected chi connectivity index (χ3v) is 10.6. The molecule has 9 aromatic rings. The summed E-state index contributed by atoms with van der Waals surface area (Å²) in [6.07, 6.45) is 0. The molecule has 0 amide bonds. The molecule has 0 atom stereocenters. The van der Waals surface area contributed by atoms with Gasteiger partial charge in [0.25, 0.3) is 0 Å². The minimum Gasteiger partial charge on any atom is -0.455 e. The average Bonchev–Trinajstić information content (AvgIpc) is 3.74. The molecular formula is C49H33NO. The van der Waals surface area contributed by atoms with E-state index in [1.807, 2.05) is 12.1 Å². The lowest BCUT2D eigenvalue weighted by atomic mass is 9.67. The van der Waals surface area contributed by atoms with Gasteiger partial charge in [0.2, 0.25) is 0 Å². The van der Waals surface area contributed by atoms with Crippen LogP contribution in [0.25, 0.3) is 44.2 Å². The number of fused-ring (bicyclic) bond motifs is 6. The van der Waals surface area contributed by atoms with Crippen molar-refractivity contribution < 1.29 is 4.42 Å². The van der Waals surface area contributed by atoms with Crippen molar-refractivity contribution in [2.45, 2.75) is 5.41 Å². The van der Waals surface area contributed by atoms with Crippen LogP contribution < -0.4 is 4.90 Å². The van der Waals surface area contributed by atoms with Crippen LogP contribution in [0.15, 0.2) is 205 Å². The van der Waals surface area contributed by atoms with Gasteiger partial charge in [-0.15, -0.1) is 0 Å². The molecule has 1 aromatic heterocycles. The van der Waals surface area contributed by atoms with Gasteiger partial charge in [0.15, 0.2) is 0 Å². The first kappa shape index (κ1) is 29.3. The van der Waals surface area contributed by atoms with Gasteiger partial charge in [-0.25, -0.2) is 0 Å². The lowest BCUT2D eigenvalue weighted by molar-refractivity contribution is 0.670. The van der Waals surface area contributed by atoms with Crippen LogP contribution in [-0.4, -0.2) is 0 Å². The highest BCUT2D eigenvalue weighted by Gasteiger charge is 2.46. The summed E-state index contributed by atoms with van der Waals surface area (Å²) in [7, 11) is 0. The fourth-order valence-electron chi connectivity index (χ4n) is 8.38. The largest absolute Gasteiger partial charge is 0.455 e. The van der Waals surface area contributed by atoms with Crippen LogP contribution in [0.1, 0.15) is 22.3 Å². The van der Waals surface area contributed by atoms with E-state index >= 15 is 0 Å². The van der Waals surface area contributed by atoms with E-state index in [4.69, 9.17) is 4.42 Å². The van der Waals surface area contributed by atoms with Gasteiger partial charge >= 0.3 is 0 Å². The van der Waals surface area contributed by atoms with Gasteiger partial charge in [-0.2, -0.15) is 0 Å². The molecular weight excluding hydrogens is 619 g/mol. The van der Waals surface area contributed by atoms with Crippen molar-refractivity contribution in [2.24, 2.45) is 0 Å². The zero-order valence-electron chi connectivity index (χ0n) is 27.9.